The quantitative estimate of drug-likeness (QED) is 0.899. The molecule has 2 aromatic rings. The molecule has 0 bridgehead atoms. The molecular formula is C13H15FN2O2. The van der Waals surface area contributed by atoms with Crippen LogP contribution in [-0.4, -0.2) is 28.4 Å². The van der Waals surface area contributed by atoms with Gasteiger partial charge in [-0.2, -0.15) is 0 Å². The molecule has 0 amide bonds. The minimum Gasteiger partial charge on any atom is -0.494 e. The molecule has 5 heteroatoms. The zero-order chi connectivity index (χ0) is 13.1. The largest absolute Gasteiger partial charge is 0.494 e. The molecule has 0 saturated carbocycles. The Morgan fingerprint density at radius 2 is 2.22 bits per heavy atom. The molecule has 18 heavy (non-hydrogen) atoms. The Kier molecular flexibility index (Phi) is 3.62. The zero-order valence-electron chi connectivity index (χ0n) is 10.4. The van der Waals surface area contributed by atoms with Gasteiger partial charge in [-0.1, -0.05) is 0 Å². The van der Waals surface area contributed by atoms with Crippen molar-refractivity contribution in [3.63, 3.8) is 0 Å². The lowest BCUT2D eigenvalue weighted by Crippen LogP contribution is -2.02. The fourth-order valence-electron chi connectivity index (χ4n) is 1.87. The van der Waals surface area contributed by atoms with Gasteiger partial charge < -0.3 is 14.4 Å². The Hall–Kier alpha value is -1.88. The number of imidazole rings is 1. The van der Waals surface area contributed by atoms with Crippen LogP contribution in [0.2, 0.25) is 0 Å². The van der Waals surface area contributed by atoms with Gasteiger partial charge in [0.15, 0.2) is 11.6 Å². The number of rotatable bonds is 4. The summed E-state index contributed by atoms with van der Waals surface area (Å²) < 4.78 is 20.4. The van der Waals surface area contributed by atoms with Crippen LogP contribution in [0, 0.1) is 5.82 Å². The molecule has 0 aliphatic heterocycles. The summed E-state index contributed by atoms with van der Waals surface area (Å²) in [5.74, 6) is 0.583. The monoisotopic (exact) mass is 250 g/mol. The van der Waals surface area contributed by atoms with Crippen molar-refractivity contribution in [1.29, 1.82) is 0 Å². The van der Waals surface area contributed by atoms with E-state index in [0.717, 1.165) is 17.1 Å². The standard InChI is InChI=1S/C13H15FN2O2/c1-16-11(8-15-13(16)5-6-17)9-3-4-12(18-2)10(14)7-9/h3-4,7-8,17H,5-6H2,1-2H3. The summed E-state index contributed by atoms with van der Waals surface area (Å²) in [5.41, 5.74) is 1.53. The number of ether oxygens (including phenoxy) is 1. The van der Waals surface area contributed by atoms with E-state index in [1.807, 2.05) is 11.6 Å². The molecule has 1 aromatic heterocycles. The molecule has 0 aliphatic rings. The summed E-state index contributed by atoms with van der Waals surface area (Å²) >= 11 is 0. The number of aliphatic hydroxyl groups is 1. The van der Waals surface area contributed by atoms with Gasteiger partial charge in [-0.05, 0) is 18.2 Å². The molecule has 0 radical (unpaired) electrons. The molecule has 0 atom stereocenters. The van der Waals surface area contributed by atoms with Gasteiger partial charge in [0.1, 0.15) is 5.82 Å². The molecule has 2 rings (SSSR count). The summed E-state index contributed by atoms with van der Waals surface area (Å²) in [5, 5.41) is 8.91. The number of methoxy groups -OCH3 is 1. The maximum absolute atomic E-state index is 13.6. The highest BCUT2D eigenvalue weighted by molar-refractivity contribution is 5.60. The van der Waals surface area contributed by atoms with Crippen LogP contribution in [0.5, 0.6) is 5.75 Å². The second kappa shape index (κ2) is 5.18. The summed E-state index contributed by atoms with van der Waals surface area (Å²) in [6.07, 6.45) is 2.15. The van der Waals surface area contributed by atoms with E-state index in [0.29, 0.717) is 6.42 Å². The number of aliphatic hydroxyl groups excluding tert-OH is 1. The molecule has 0 aliphatic carbocycles. The van der Waals surface area contributed by atoms with Crippen molar-refractivity contribution in [3.8, 4) is 17.0 Å². The third kappa shape index (κ3) is 2.22. The van der Waals surface area contributed by atoms with E-state index in [-0.39, 0.29) is 12.4 Å². The zero-order valence-corrected chi connectivity index (χ0v) is 10.4. The second-order valence-corrected chi connectivity index (χ2v) is 3.94. The van der Waals surface area contributed by atoms with Gasteiger partial charge in [-0.3, -0.25) is 0 Å². The van der Waals surface area contributed by atoms with Crippen molar-refractivity contribution in [2.45, 2.75) is 6.42 Å². The van der Waals surface area contributed by atoms with Gasteiger partial charge in [0.25, 0.3) is 0 Å². The second-order valence-electron chi connectivity index (χ2n) is 3.94. The molecule has 1 N–H and O–H groups in total. The van der Waals surface area contributed by atoms with Gasteiger partial charge in [-0.15, -0.1) is 0 Å². The number of aromatic nitrogens is 2. The minimum atomic E-state index is -0.403. The van der Waals surface area contributed by atoms with Crippen molar-refractivity contribution >= 4 is 0 Å². The van der Waals surface area contributed by atoms with E-state index in [2.05, 4.69) is 4.98 Å². The lowest BCUT2D eigenvalue weighted by atomic mass is 10.1. The predicted molar refractivity (Wildman–Crippen MR) is 65.9 cm³/mol. The van der Waals surface area contributed by atoms with E-state index in [1.165, 1.54) is 13.2 Å². The minimum absolute atomic E-state index is 0.0429. The normalized spacial score (nSPS) is 10.7. The van der Waals surface area contributed by atoms with Crippen molar-refractivity contribution in [1.82, 2.24) is 9.55 Å². The van der Waals surface area contributed by atoms with Crippen molar-refractivity contribution in [3.05, 3.63) is 36.0 Å². The molecular weight excluding hydrogens is 235 g/mol. The molecule has 1 aromatic carbocycles. The van der Waals surface area contributed by atoms with E-state index in [4.69, 9.17) is 9.84 Å². The van der Waals surface area contributed by atoms with Crippen LogP contribution in [0.3, 0.4) is 0 Å². The maximum Gasteiger partial charge on any atom is 0.165 e. The van der Waals surface area contributed by atoms with E-state index in [9.17, 15) is 4.39 Å². The van der Waals surface area contributed by atoms with Crippen LogP contribution < -0.4 is 4.74 Å². The molecule has 0 spiro atoms. The van der Waals surface area contributed by atoms with Crippen molar-refractivity contribution < 1.29 is 14.2 Å². The van der Waals surface area contributed by atoms with E-state index in [1.54, 1.807) is 18.3 Å². The Morgan fingerprint density at radius 3 is 2.83 bits per heavy atom. The Morgan fingerprint density at radius 1 is 1.44 bits per heavy atom. The summed E-state index contributed by atoms with van der Waals surface area (Å²) in [7, 11) is 3.27. The van der Waals surface area contributed by atoms with Crippen LogP contribution in [-0.2, 0) is 13.5 Å². The SMILES string of the molecule is COc1ccc(-c2cnc(CCO)n2C)cc1F. The Balaban J connectivity index is 2.39. The summed E-state index contributed by atoms with van der Waals surface area (Å²) in [4.78, 5) is 4.20. The van der Waals surface area contributed by atoms with Crippen LogP contribution in [0.15, 0.2) is 24.4 Å². The molecule has 0 saturated heterocycles. The first-order valence-corrected chi connectivity index (χ1v) is 5.62. The first-order chi connectivity index (χ1) is 8.67. The lowest BCUT2D eigenvalue weighted by molar-refractivity contribution is 0.295. The lowest BCUT2D eigenvalue weighted by Gasteiger charge is -2.07. The highest BCUT2D eigenvalue weighted by Gasteiger charge is 2.10. The maximum atomic E-state index is 13.6. The summed E-state index contributed by atoms with van der Waals surface area (Å²) in [6.45, 7) is 0.0429. The number of nitrogens with zero attached hydrogens (tertiary/aromatic N) is 2. The average molecular weight is 250 g/mol. The average Bonchev–Trinajstić information content (AvgIpc) is 2.72. The van der Waals surface area contributed by atoms with Crippen LogP contribution >= 0.6 is 0 Å². The third-order valence-corrected chi connectivity index (χ3v) is 2.87. The molecule has 4 nitrogen and oxygen atoms in total. The topological polar surface area (TPSA) is 47.3 Å². The van der Waals surface area contributed by atoms with E-state index < -0.39 is 5.82 Å². The van der Waals surface area contributed by atoms with Crippen LogP contribution in [0.1, 0.15) is 5.82 Å². The fraction of sp³-hybridized carbons (Fsp3) is 0.308. The predicted octanol–water partition coefficient (Wildman–Crippen LogP) is 1.77. The summed E-state index contributed by atoms with van der Waals surface area (Å²) in [6, 6.07) is 4.78. The van der Waals surface area contributed by atoms with Gasteiger partial charge in [-0.25, -0.2) is 9.37 Å². The third-order valence-electron chi connectivity index (χ3n) is 2.87. The number of benzene rings is 1. The van der Waals surface area contributed by atoms with E-state index >= 15 is 0 Å². The first kappa shape index (κ1) is 12.6. The molecule has 1 heterocycles. The van der Waals surface area contributed by atoms with Gasteiger partial charge in [0.05, 0.1) is 25.6 Å². The Bertz CT molecular complexity index is 552. The molecule has 0 fully saturated rings. The van der Waals surface area contributed by atoms with Crippen molar-refractivity contribution in [2.75, 3.05) is 13.7 Å². The smallest absolute Gasteiger partial charge is 0.165 e. The van der Waals surface area contributed by atoms with Crippen molar-refractivity contribution in [2.24, 2.45) is 7.05 Å². The highest BCUT2D eigenvalue weighted by atomic mass is 19.1. The fourth-order valence-corrected chi connectivity index (χ4v) is 1.87. The van der Waals surface area contributed by atoms with Crippen LogP contribution in [0.25, 0.3) is 11.3 Å². The molecule has 96 valence electrons. The first-order valence-electron chi connectivity index (χ1n) is 5.62. The van der Waals surface area contributed by atoms with Gasteiger partial charge >= 0.3 is 0 Å². The number of halogens is 1. The number of hydrogen-bond donors (Lipinski definition) is 1. The molecule has 0 unspecified atom stereocenters. The van der Waals surface area contributed by atoms with Gasteiger partial charge in [0, 0.05) is 19.0 Å². The number of hydrogen-bond acceptors (Lipinski definition) is 3. The van der Waals surface area contributed by atoms with Gasteiger partial charge in [0.2, 0.25) is 0 Å². The van der Waals surface area contributed by atoms with Crippen LogP contribution in [0.4, 0.5) is 4.39 Å². The Labute approximate surface area is 105 Å². The highest BCUT2D eigenvalue weighted by Crippen LogP contribution is 2.25.